The molecule has 0 atom stereocenters. The Morgan fingerprint density at radius 2 is 1.83 bits per heavy atom. The van der Waals surface area contributed by atoms with Gasteiger partial charge in [0, 0.05) is 0 Å². The monoisotopic (exact) mass is 203 g/mol. The van der Waals surface area contributed by atoms with Gasteiger partial charge < -0.3 is 10.2 Å². The van der Waals surface area contributed by atoms with Gasteiger partial charge in [-0.05, 0) is 29.6 Å². The minimum atomic E-state index is 0. The maximum Gasteiger partial charge on any atom is 0.0902 e. The zero-order valence-corrected chi connectivity index (χ0v) is 7.98. The van der Waals surface area contributed by atoms with E-state index in [2.05, 4.69) is 4.42 Å². The van der Waals surface area contributed by atoms with Crippen LogP contribution in [0.1, 0.15) is 0 Å². The van der Waals surface area contributed by atoms with Gasteiger partial charge in [0.25, 0.3) is 0 Å². The summed E-state index contributed by atoms with van der Waals surface area (Å²) < 4.78 is 4.58. The van der Waals surface area contributed by atoms with Gasteiger partial charge in [0.05, 0.1) is 17.5 Å². The summed E-state index contributed by atoms with van der Waals surface area (Å²) in [5.74, 6) is 0. The summed E-state index contributed by atoms with van der Waals surface area (Å²) in [7, 11) is 0. The van der Waals surface area contributed by atoms with E-state index in [1.165, 1.54) is 0 Å². The molecule has 2 rings (SSSR count). The molecule has 2 heterocycles. The third kappa shape index (κ3) is 4.82. The summed E-state index contributed by atoms with van der Waals surface area (Å²) in [6.45, 7) is 0. The molecule has 0 spiro atoms. The lowest BCUT2D eigenvalue weighted by Crippen LogP contribution is -1.72. The van der Waals surface area contributed by atoms with Crippen LogP contribution in [0.5, 0.6) is 0 Å². The first kappa shape index (κ1) is 11.1. The lowest BCUT2D eigenvalue weighted by atomic mass is 10.6. The average molecular weight is 204 g/mol. The number of furan rings is 1. The van der Waals surface area contributed by atoms with Crippen molar-refractivity contribution in [3.05, 3.63) is 42.2 Å². The second-order valence-corrected chi connectivity index (χ2v) is 2.79. The molecule has 0 aliphatic heterocycles. The van der Waals surface area contributed by atoms with Crippen LogP contribution >= 0.6 is 23.7 Å². The third-order valence-corrected chi connectivity index (χ3v) is 1.67. The van der Waals surface area contributed by atoms with E-state index < -0.39 is 0 Å². The van der Waals surface area contributed by atoms with Crippen molar-refractivity contribution in [3.63, 3.8) is 0 Å². The molecule has 66 valence electrons. The number of thiophene rings is 1. The molecule has 0 saturated heterocycles. The first-order chi connectivity index (χ1) is 5.39. The maximum absolute atomic E-state index is 5.30. The van der Waals surface area contributed by atoms with Gasteiger partial charge in [-0.25, -0.2) is 0 Å². The third-order valence-electron chi connectivity index (χ3n) is 0.969. The first-order valence-corrected chi connectivity index (χ1v) is 4.03. The van der Waals surface area contributed by atoms with Crippen molar-refractivity contribution in [3.8, 4) is 0 Å². The van der Waals surface area contributed by atoms with Gasteiger partial charge in [0.2, 0.25) is 0 Å². The molecule has 2 N–H and O–H groups in total. The fourth-order valence-electron chi connectivity index (χ4n) is 0.518. The van der Waals surface area contributed by atoms with E-state index in [9.17, 15) is 0 Å². The highest BCUT2D eigenvalue weighted by atomic mass is 35.5. The van der Waals surface area contributed by atoms with Crippen molar-refractivity contribution in [2.45, 2.75) is 0 Å². The van der Waals surface area contributed by atoms with Crippen LogP contribution < -0.4 is 5.73 Å². The zero-order valence-electron chi connectivity index (χ0n) is 6.34. The highest BCUT2D eigenvalue weighted by Gasteiger charge is 1.75. The van der Waals surface area contributed by atoms with Gasteiger partial charge in [-0.1, -0.05) is 0 Å². The number of rotatable bonds is 0. The molecule has 4 heteroatoms. The van der Waals surface area contributed by atoms with Gasteiger partial charge in [-0.15, -0.1) is 23.7 Å². The summed E-state index contributed by atoms with van der Waals surface area (Å²) in [6.07, 6.45) is 3.25. The Hall–Kier alpha value is -0.930. The van der Waals surface area contributed by atoms with E-state index in [-0.39, 0.29) is 12.4 Å². The Balaban J connectivity index is 0.000000189. The molecule has 0 aliphatic rings. The lowest BCUT2D eigenvalue weighted by Gasteiger charge is -1.68. The molecule has 2 aromatic heterocycles. The molecule has 0 fully saturated rings. The Kier molecular flexibility index (Phi) is 6.24. The Labute approximate surface area is 81.4 Å². The number of nitrogen functional groups attached to an aromatic ring is 1. The molecule has 2 nitrogen and oxygen atoms in total. The number of halogens is 1. The number of hydrogen-bond donors (Lipinski definition) is 1. The standard InChI is InChI=1S/C4H5NS.C4H4O.ClH/c5-4-2-1-3-6-4;1-2-4-5-3-1;/h1-3H,5H2;1-4H;1H. The average Bonchev–Trinajstić information content (AvgIpc) is 2.57. The van der Waals surface area contributed by atoms with E-state index in [1.54, 1.807) is 23.9 Å². The van der Waals surface area contributed by atoms with E-state index >= 15 is 0 Å². The molecule has 2 aromatic rings. The van der Waals surface area contributed by atoms with Crippen LogP contribution in [0.3, 0.4) is 0 Å². The molecular formula is C8H10ClNOS. The summed E-state index contributed by atoms with van der Waals surface area (Å²) in [6, 6.07) is 7.48. The molecule has 0 aliphatic carbocycles. The van der Waals surface area contributed by atoms with Gasteiger partial charge in [-0.3, -0.25) is 0 Å². The predicted molar refractivity (Wildman–Crippen MR) is 54.7 cm³/mol. The van der Waals surface area contributed by atoms with Gasteiger partial charge in [0.1, 0.15) is 0 Å². The zero-order chi connectivity index (χ0) is 7.94. The van der Waals surface area contributed by atoms with Crippen LogP contribution in [-0.2, 0) is 0 Å². The Morgan fingerprint density at radius 1 is 1.17 bits per heavy atom. The van der Waals surface area contributed by atoms with E-state index in [0.29, 0.717) is 0 Å². The van der Waals surface area contributed by atoms with Crippen LogP contribution in [0.15, 0.2) is 46.6 Å². The molecule has 0 saturated carbocycles. The van der Waals surface area contributed by atoms with Gasteiger partial charge in [0.15, 0.2) is 0 Å². The normalized spacial score (nSPS) is 7.67. The minimum absolute atomic E-state index is 0. The Bertz CT molecular complexity index is 237. The number of nitrogens with two attached hydrogens (primary N) is 1. The van der Waals surface area contributed by atoms with Crippen LogP contribution in [0.25, 0.3) is 0 Å². The number of anilines is 1. The summed E-state index contributed by atoms with van der Waals surface area (Å²) in [4.78, 5) is 0. The van der Waals surface area contributed by atoms with Crippen LogP contribution in [-0.4, -0.2) is 0 Å². The van der Waals surface area contributed by atoms with Crippen molar-refractivity contribution in [2.75, 3.05) is 5.73 Å². The van der Waals surface area contributed by atoms with Crippen molar-refractivity contribution in [2.24, 2.45) is 0 Å². The maximum atomic E-state index is 5.30. The fourth-order valence-corrected chi connectivity index (χ4v) is 0.989. The van der Waals surface area contributed by atoms with Crippen LogP contribution in [0.2, 0.25) is 0 Å². The fraction of sp³-hybridized carbons (Fsp3) is 0. The summed E-state index contributed by atoms with van der Waals surface area (Å²) >= 11 is 1.56. The highest BCUT2D eigenvalue weighted by molar-refractivity contribution is 7.13. The van der Waals surface area contributed by atoms with Gasteiger partial charge in [-0.2, -0.15) is 0 Å². The molecule has 0 radical (unpaired) electrons. The smallest absolute Gasteiger partial charge is 0.0902 e. The summed E-state index contributed by atoms with van der Waals surface area (Å²) in [5.41, 5.74) is 5.30. The molecule has 0 amide bonds. The molecular weight excluding hydrogens is 194 g/mol. The van der Waals surface area contributed by atoms with Crippen molar-refractivity contribution < 1.29 is 4.42 Å². The molecule has 0 aromatic carbocycles. The highest BCUT2D eigenvalue weighted by Crippen LogP contribution is 2.07. The molecule has 0 bridgehead atoms. The second kappa shape index (κ2) is 6.76. The largest absolute Gasteiger partial charge is 0.473 e. The van der Waals surface area contributed by atoms with Crippen LogP contribution in [0.4, 0.5) is 5.00 Å². The molecule has 12 heavy (non-hydrogen) atoms. The number of hydrogen-bond acceptors (Lipinski definition) is 3. The minimum Gasteiger partial charge on any atom is -0.473 e. The topological polar surface area (TPSA) is 39.2 Å². The quantitative estimate of drug-likeness (QED) is 0.715. The van der Waals surface area contributed by atoms with E-state index in [0.717, 1.165) is 5.00 Å². The van der Waals surface area contributed by atoms with E-state index in [4.69, 9.17) is 5.73 Å². The first-order valence-electron chi connectivity index (χ1n) is 3.16. The predicted octanol–water partition coefficient (Wildman–Crippen LogP) is 3.03. The molecule has 0 unspecified atom stereocenters. The van der Waals surface area contributed by atoms with Crippen LogP contribution in [0, 0.1) is 0 Å². The lowest BCUT2D eigenvalue weighted by molar-refractivity contribution is 0.567. The van der Waals surface area contributed by atoms with Crippen molar-refractivity contribution >= 4 is 28.7 Å². The Morgan fingerprint density at radius 3 is 2.00 bits per heavy atom. The SMILES string of the molecule is Cl.Nc1cccs1.c1ccoc1. The summed E-state index contributed by atoms with van der Waals surface area (Å²) in [5, 5.41) is 2.84. The van der Waals surface area contributed by atoms with Gasteiger partial charge >= 0.3 is 0 Å². The van der Waals surface area contributed by atoms with Crippen molar-refractivity contribution in [1.82, 2.24) is 0 Å². The van der Waals surface area contributed by atoms with E-state index in [1.807, 2.05) is 29.6 Å². The second-order valence-electron chi connectivity index (χ2n) is 1.81. The van der Waals surface area contributed by atoms with Crippen molar-refractivity contribution in [1.29, 1.82) is 0 Å².